The number of hydrogen-bond donors (Lipinski definition) is 2. The molecule has 20 heavy (non-hydrogen) atoms. The molecule has 0 amide bonds. The summed E-state index contributed by atoms with van der Waals surface area (Å²) in [5.41, 5.74) is -4.21. The number of benzene rings is 1. The number of aliphatic hydroxyl groups is 1. The molecule has 1 aliphatic rings. The molecule has 0 spiro atoms. The lowest BCUT2D eigenvalue weighted by Crippen LogP contribution is -2.40. The van der Waals surface area contributed by atoms with Crippen LogP contribution in [0.15, 0.2) is 29.2 Å². The van der Waals surface area contributed by atoms with Gasteiger partial charge in [0.05, 0.1) is 6.61 Å². The van der Waals surface area contributed by atoms with E-state index in [-0.39, 0.29) is 16.7 Å². The Morgan fingerprint density at radius 1 is 1.30 bits per heavy atom. The summed E-state index contributed by atoms with van der Waals surface area (Å²) >= 11 is -0.124. The molecule has 1 fully saturated rings. The second kappa shape index (κ2) is 6.34. The van der Waals surface area contributed by atoms with E-state index in [2.05, 4.69) is 5.32 Å². The molecule has 112 valence electrons. The minimum Gasteiger partial charge on any atom is -0.386 e. The minimum absolute atomic E-state index is 0.124. The summed E-state index contributed by atoms with van der Waals surface area (Å²) in [4.78, 5) is 0.170. The second-order valence-electron chi connectivity index (χ2n) is 4.82. The van der Waals surface area contributed by atoms with E-state index in [4.69, 9.17) is 4.74 Å². The van der Waals surface area contributed by atoms with Crippen molar-refractivity contribution in [2.75, 3.05) is 19.8 Å². The van der Waals surface area contributed by atoms with Gasteiger partial charge < -0.3 is 15.2 Å². The third-order valence-electron chi connectivity index (χ3n) is 3.02. The van der Waals surface area contributed by atoms with Gasteiger partial charge in [0.15, 0.2) is 0 Å². The molecule has 3 nitrogen and oxygen atoms in total. The fourth-order valence-corrected chi connectivity index (χ4v) is 2.52. The van der Waals surface area contributed by atoms with Gasteiger partial charge in [-0.2, -0.15) is 13.2 Å². The minimum atomic E-state index is -4.26. The van der Waals surface area contributed by atoms with E-state index in [1.54, 1.807) is 12.1 Å². The third-order valence-corrected chi connectivity index (χ3v) is 3.76. The van der Waals surface area contributed by atoms with Gasteiger partial charge in [-0.3, -0.25) is 0 Å². The first-order valence-corrected chi connectivity index (χ1v) is 7.04. The first kappa shape index (κ1) is 15.6. The molecular formula is C13H16F3NO2S. The van der Waals surface area contributed by atoms with Gasteiger partial charge in [0, 0.05) is 31.0 Å². The quantitative estimate of drug-likeness (QED) is 0.820. The molecular weight excluding hydrogens is 291 g/mol. The van der Waals surface area contributed by atoms with Gasteiger partial charge in [0.2, 0.25) is 0 Å². The molecule has 2 N–H and O–H groups in total. The van der Waals surface area contributed by atoms with Gasteiger partial charge in [-0.15, -0.1) is 0 Å². The molecule has 0 aliphatic carbocycles. The van der Waals surface area contributed by atoms with Gasteiger partial charge in [-0.25, -0.2) is 0 Å². The Morgan fingerprint density at radius 3 is 2.55 bits per heavy atom. The highest BCUT2D eigenvalue weighted by Gasteiger charge is 2.31. The fraction of sp³-hybridized carbons (Fsp3) is 0.538. The molecule has 0 radical (unpaired) electrons. The summed E-state index contributed by atoms with van der Waals surface area (Å²) in [5, 5.41) is 13.1. The van der Waals surface area contributed by atoms with Crippen molar-refractivity contribution in [3.05, 3.63) is 29.8 Å². The highest BCUT2D eigenvalue weighted by molar-refractivity contribution is 8.00. The summed E-state index contributed by atoms with van der Waals surface area (Å²) in [6, 6.07) is 6.19. The zero-order valence-corrected chi connectivity index (χ0v) is 11.6. The van der Waals surface area contributed by atoms with E-state index in [9.17, 15) is 18.3 Å². The predicted molar refractivity (Wildman–Crippen MR) is 70.4 cm³/mol. The lowest BCUT2D eigenvalue weighted by atomic mass is 10.0. The Morgan fingerprint density at radius 2 is 2.00 bits per heavy atom. The predicted octanol–water partition coefficient (Wildman–Crippen LogP) is 2.54. The number of hydrogen-bond acceptors (Lipinski definition) is 4. The maximum absolute atomic E-state index is 12.2. The first-order chi connectivity index (χ1) is 9.36. The van der Waals surface area contributed by atoms with Gasteiger partial charge >= 0.3 is 5.51 Å². The maximum atomic E-state index is 12.2. The highest BCUT2D eigenvalue weighted by atomic mass is 32.2. The summed E-state index contributed by atoms with van der Waals surface area (Å²) in [7, 11) is 0. The normalized spacial score (nSPS) is 23.2. The molecule has 7 heteroatoms. The molecule has 1 aliphatic heterocycles. The number of alkyl halides is 3. The Balaban J connectivity index is 1.79. The molecule has 0 bridgehead atoms. The van der Waals surface area contributed by atoms with Crippen LogP contribution in [-0.4, -0.2) is 36.0 Å². The summed E-state index contributed by atoms with van der Waals surface area (Å²) in [5.74, 6) is 0. The molecule has 0 aromatic heterocycles. The van der Waals surface area contributed by atoms with E-state index in [0.717, 1.165) is 5.56 Å². The van der Waals surface area contributed by atoms with Crippen LogP contribution in [0, 0.1) is 0 Å². The van der Waals surface area contributed by atoms with E-state index >= 15 is 0 Å². The van der Waals surface area contributed by atoms with Crippen molar-refractivity contribution in [3.63, 3.8) is 0 Å². The lowest BCUT2D eigenvalue weighted by Gasteiger charge is -2.20. The van der Waals surface area contributed by atoms with Crippen molar-refractivity contribution >= 4 is 11.8 Å². The summed E-state index contributed by atoms with van der Waals surface area (Å²) < 4.78 is 41.6. The Labute approximate surface area is 119 Å². The van der Waals surface area contributed by atoms with E-state index in [1.165, 1.54) is 12.1 Å². The van der Waals surface area contributed by atoms with Crippen LogP contribution in [0.4, 0.5) is 13.2 Å². The number of halogens is 3. The smallest absolute Gasteiger partial charge is 0.386 e. The van der Waals surface area contributed by atoms with Crippen LogP contribution >= 0.6 is 11.8 Å². The Kier molecular flexibility index (Phi) is 4.95. The van der Waals surface area contributed by atoms with Gasteiger partial charge in [0.1, 0.15) is 5.60 Å². The fourth-order valence-electron chi connectivity index (χ4n) is 1.98. The zero-order chi connectivity index (χ0) is 14.6. The van der Waals surface area contributed by atoms with Crippen molar-refractivity contribution in [2.24, 2.45) is 0 Å². The molecule has 1 unspecified atom stereocenters. The molecule has 1 atom stereocenters. The van der Waals surface area contributed by atoms with Crippen LogP contribution in [-0.2, 0) is 11.3 Å². The Bertz CT molecular complexity index is 430. The topological polar surface area (TPSA) is 41.5 Å². The van der Waals surface area contributed by atoms with Crippen molar-refractivity contribution < 1.29 is 23.0 Å². The van der Waals surface area contributed by atoms with Crippen molar-refractivity contribution in [1.82, 2.24) is 5.32 Å². The van der Waals surface area contributed by atoms with Gasteiger partial charge in [-0.1, -0.05) is 12.1 Å². The largest absolute Gasteiger partial charge is 0.446 e. The number of ether oxygens (including phenoxy) is 1. The zero-order valence-electron chi connectivity index (χ0n) is 10.7. The molecule has 1 aromatic rings. The van der Waals surface area contributed by atoms with Crippen LogP contribution in [0.2, 0.25) is 0 Å². The van der Waals surface area contributed by atoms with Crippen LogP contribution in [0.5, 0.6) is 0 Å². The number of rotatable bonds is 5. The molecule has 2 rings (SSSR count). The molecule has 1 saturated heterocycles. The van der Waals surface area contributed by atoms with E-state index in [0.29, 0.717) is 32.7 Å². The molecule has 1 heterocycles. The SMILES string of the molecule is OC1(CNCc2ccc(SC(F)(F)F)cc2)CCOC1. The average molecular weight is 307 g/mol. The monoisotopic (exact) mass is 307 g/mol. The van der Waals surface area contributed by atoms with E-state index in [1.807, 2.05) is 0 Å². The van der Waals surface area contributed by atoms with E-state index < -0.39 is 11.1 Å². The van der Waals surface area contributed by atoms with Gasteiger partial charge in [0.25, 0.3) is 0 Å². The van der Waals surface area contributed by atoms with Crippen LogP contribution < -0.4 is 5.32 Å². The molecule has 0 saturated carbocycles. The lowest BCUT2D eigenvalue weighted by molar-refractivity contribution is -0.0328. The summed E-state index contributed by atoms with van der Waals surface area (Å²) in [6.07, 6.45) is 0.598. The standard InChI is InChI=1S/C13H16F3NO2S/c14-13(15,16)20-11-3-1-10(2-4-11)7-17-8-12(18)5-6-19-9-12/h1-4,17-18H,5-9H2. The highest BCUT2D eigenvalue weighted by Crippen LogP contribution is 2.36. The number of thioether (sulfide) groups is 1. The Hall–Kier alpha value is -0.760. The van der Waals surface area contributed by atoms with Crippen molar-refractivity contribution in [2.45, 2.75) is 29.0 Å². The average Bonchev–Trinajstić information content (AvgIpc) is 2.77. The van der Waals surface area contributed by atoms with Crippen LogP contribution in [0.3, 0.4) is 0 Å². The third kappa shape index (κ3) is 4.97. The van der Waals surface area contributed by atoms with Crippen molar-refractivity contribution in [3.8, 4) is 0 Å². The van der Waals surface area contributed by atoms with Crippen LogP contribution in [0.25, 0.3) is 0 Å². The first-order valence-electron chi connectivity index (χ1n) is 6.22. The van der Waals surface area contributed by atoms with Crippen molar-refractivity contribution in [1.29, 1.82) is 0 Å². The van der Waals surface area contributed by atoms with Gasteiger partial charge in [-0.05, 0) is 29.5 Å². The van der Waals surface area contributed by atoms with Crippen LogP contribution in [0.1, 0.15) is 12.0 Å². The second-order valence-corrected chi connectivity index (χ2v) is 5.96. The molecule has 1 aromatic carbocycles. The summed E-state index contributed by atoms with van der Waals surface area (Å²) in [6.45, 7) is 1.79. The number of nitrogens with one attached hydrogen (secondary N) is 1. The maximum Gasteiger partial charge on any atom is 0.446 e.